The van der Waals surface area contributed by atoms with Crippen LogP contribution in [0.4, 0.5) is 4.79 Å². The molecule has 0 aliphatic carbocycles. The lowest BCUT2D eigenvalue weighted by Gasteiger charge is -2.32. The summed E-state index contributed by atoms with van der Waals surface area (Å²) < 4.78 is 5.50. The summed E-state index contributed by atoms with van der Waals surface area (Å²) >= 11 is 1.86. The third-order valence-corrected chi connectivity index (χ3v) is 5.56. The number of nitrogens with one attached hydrogen (secondary N) is 2. The van der Waals surface area contributed by atoms with Crippen molar-refractivity contribution in [3.05, 3.63) is 21.9 Å². The third-order valence-electron chi connectivity index (χ3n) is 4.53. The van der Waals surface area contributed by atoms with Gasteiger partial charge < -0.3 is 15.4 Å². The van der Waals surface area contributed by atoms with E-state index >= 15 is 0 Å². The number of thiophene rings is 1. The first-order valence-corrected chi connectivity index (χ1v) is 9.03. The second kappa shape index (κ2) is 7.44. The monoisotopic (exact) mass is 323 g/mol. The standard InChI is InChI=1S/C16H25N3O2S/c1-12(19-6-4-15-13(11-19)5-8-22-15)9-17-16(20)18-10-14-3-2-7-21-14/h5,8,12,14H,2-4,6-7,9-11H2,1H3,(H2,17,18,20)/t12-,14-/m1/s1. The number of ether oxygens (including phenoxy) is 1. The van der Waals surface area contributed by atoms with Crippen LogP contribution < -0.4 is 10.6 Å². The van der Waals surface area contributed by atoms with Gasteiger partial charge in [-0.3, -0.25) is 4.90 Å². The fourth-order valence-electron chi connectivity index (χ4n) is 3.09. The molecule has 2 amide bonds. The van der Waals surface area contributed by atoms with Crippen molar-refractivity contribution < 1.29 is 9.53 Å². The molecule has 1 saturated heterocycles. The molecule has 0 saturated carbocycles. The molecule has 22 heavy (non-hydrogen) atoms. The summed E-state index contributed by atoms with van der Waals surface area (Å²) in [7, 11) is 0. The van der Waals surface area contributed by atoms with Gasteiger partial charge in [-0.2, -0.15) is 0 Å². The number of amides is 2. The molecule has 1 aromatic heterocycles. The molecule has 122 valence electrons. The molecular formula is C16H25N3O2S. The van der Waals surface area contributed by atoms with Crippen LogP contribution in [0, 0.1) is 0 Å². The highest BCUT2D eigenvalue weighted by Gasteiger charge is 2.22. The van der Waals surface area contributed by atoms with Crippen molar-refractivity contribution >= 4 is 17.4 Å². The molecule has 0 unspecified atom stereocenters. The highest BCUT2D eigenvalue weighted by Crippen LogP contribution is 2.24. The predicted octanol–water partition coefficient (Wildman–Crippen LogP) is 1.97. The van der Waals surface area contributed by atoms with Crippen molar-refractivity contribution in [2.24, 2.45) is 0 Å². The average Bonchev–Trinajstić information content (AvgIpc) is 3.20. The molecule has 2 atom stereocenters. The summed E-state index contributed by atoms with van der Waals surface area (Å²) in [6.45, 7) is 6.37. The summed E-state index contributed by atoms with van der Waals surface area (Å²) in [6, 6.07) is 2.48. The lowest BCUT2D eigenvalue weighted by Crippen LogP contribution is -2.47. The zero-order chi connectivity index (χ0) is 15.4. The summed E-state index contributed by atoms with van der Waals surface area (Å²) in [6.07, 6.45) is 3.47. The van der Waals surface area contributed by atoms with Gasteiger partial charge in [0.1, 0.15) is 0 Å². The molecule has 0 radical (unpaired) electrons. The summed E-state index contributed by atoms with van der Waals surface area (Å²) in [5.74, 6) is 0. The van der Waals surface area contributed by atoms with E-state index in [1.807, 2.05) is 11.3 Å². The average molecular weight is 323 g/mol. The van der Waals surface area contributed by atoms with Gasteiger partial charge >= 0.3 is 6.03 Å². The Balaban J connectivity index is 1.37. The number of carbonyl (C=O) groups is 1. The van der Waals surface area contributed by atoms with Crippen LogP contribution >= 0.6 is 11.3 Å². The summed E-state index contributed by atoms with van der Waals surface area (Å²) in [5.41, 5.74) is 1.45. The number of urea groups is 1. The maximum Gasteiger partial charge on any atom is 0.314 e. The van der Waals surface area contributed by atoms with E-state index in [9.17, 15) is 4.79 Å². The van der Waals surface area contributed by atoms with Crippen molar-refractivity contribution in [1.82, 2.24) is 15.5 Å². The van der Waals surface area contributed by atoms with E-state index in [-0.39, 0.29) is 12.1 Å². The van der Waals surface area contributed by atoms with Crippen molar-refractivity contribution in [2.45, 2.75) is 44.9 Å². The van der Waals surface area contributed by atoms with Crippen molar-refractivity contribution in [3.63, 3.8) is 0 Å². The Morgan fingerprint density at radius 2 is 2.45 bits per heavy atom. The van der Waals surface area contributed by atoms with Crippen molar-refractivity contribution in [3.8, 4) is 0 Å². The molecule has 0 aromatic carbocycles. The van der Waals surface area contributed by atoms with E-state index in [4.69, 9.17) is 4.74 Å². The first-order chi connectivity index (χ1) is 10.7. The molecule has 6 heteroatoms. The van der Waals surface area contributed by atoms with Crippen LogP contribution in [0.25, 0.3) is 0 Å². The van der Waals surface area contributed by atoms with Gasteiger partial charge in [0.2, 0.25) is 0 Å². The van der Waals surface area contributed by atoms with Gasteiger partial charge in [-0.05, 0) is 43.2 Å². The van der Waals surface area contributed by atoms with E-state index in [0.717, 1.165) is 39.0 Å². The van der Waals surface area contributed by atoms with Crippen molar-refractivity contribution in [2.75, 3.05) is 26.2 Å². The van der Waals surface area contributed by atoms with Crippen LogP contribution in [0.1, 0.15) is 30.2 Å². The molecular weight excluding hydrogens is 298 g/mol. The van der Waals surface area contributed by atoms with Gasteiger partial charge in [-0.25, -0.2) is 4.79 Å². The number of rotatable bonds is 5. The molecule has 2 N–H and O–H groups in total. The van der Waals surface area contributed by atoms with E-state index in [0.29, 0.717) is 19.1 Å². The van der Waals surface area contributed by atoms with E-state index in [1.165, 1.54) is 10.4 Å². The summed E-state index contributed by atoms with van der Waals surface area (Å²) in [5, 5.41) is 8.06. The Morgan fingerprint density at radius 1 is 1.55 bits per heavy atom. The Kier molecular flexibility index (Phi) is 5.33. The molecule has 2 aliphatic heterocycles. The Bertz CT molecular complexity index is 499. The van der Waals surface area contributed by atoms with Gasteiger partial charge in [0.05, 0.1) is 6.10 Å². The molecule has 1 aromatic rings. The van der Waals surface area contributed by atoms with Crippen LogP contribution in [0.2, 0.25) is 0 Å². The molecule has 0 spiro atoms. The molecule has 3 rings (SSSR count). The first kappa shape index (κ1) is 15.8. The highest BCUT2D eigenvalue weighted by atomic mass is 32.1. The van der Waals surface area contributed by atoms with E-state index < -0.39 is 0 Å². The zero-order valence-corrected chi connectivity index (χ0v) is 14.0. The number of nitrogens with zero attached hydrogens (tertiary/aromatic N) is 1. The highest BCUT2D eigenvalue weighted by molar-refractivity contribution is 7.10. The van der Waals surface area contributed by atoms with Crippen LogP contribution in [-0.2, 0) is 17.7 Å². The second-order valence-corrected chi connectivity index (χ2v) is 7.17. The molecule has 3 heterocycles. The zero-order valence-electron chi connectivity index (χ0n) is 13.1. The van der Waals surface area contributed by atoms with Crippen molar-refractivity contribution in [1.29, 1.82) is 0 Å². The maximum atomic E-state index is 11.8. The minimum atomic E-state index is -0.0874. The van der Waals surface area contributed by atoms with Crippen LogP contribution in [0.3, 0.4) is 0 Å². The van der Waals surface area contributed by atoms with Gasteiger partial charge in [-0.15, -0.1) is 11.3 Å². The summed E-state index contributed by atoms with van der Waals surface area (Å²) in [4.78, 5) is 15.8. The predicted molar refractivity (Wildman–Crippen MR) is 88.3 cm³/mol. The normalized spacial score (nSPS) is 23.0. The second-order valence-electron chi connectivity index (χ2n) is 6.16. The fraction of sp³-hybridized carbons (Fsp3) is 0.688. The van der Waals surface area contributed by atoms with Crippen LogP contribution in [-0.4, -0.2) is 49.3 Å². The molecule has 1 fully saturated rings. The minimum Gasteiger partial charge on any atom is -0.376 e. The lowest BCUT2D eigenvalue weighted by atomic mass is 10.1. The third kappa shape index (κ3) is 4.00. The quantitative estimate of drug-likeness (QED) is 0.871. The minimum absolute atomic E-state index is 0.0874. The largest absolute Gasteiger partial charge is 0.376 e. The molecule has 5 nitrogen and oxygen atoms in total. The van der Waals surface area contributed by atoms with Gasteiger partial charge in [0.15, 0.2) is 0 Å². The number of hydrogen-bond acceptors (Lipinski definition) is 4. The molecule has 2 aliphatic rings. The van der Waals surface area contributed by atoms with Crippen LogP contribution in [0.5, 0.6) is 0 Å². The smallest absolute Gasteiger partial charge is 0.314 e. The number of fused-ring (bicyclic) bond motifs is 1. The molecule has 0 bridgehead atoms. The number of hydrogen-bond donors (Lipinski definition) is 2. The van der Waals surface area contributed by atoms with E-state index in [1.54, 1.807) is 0 Å². The van der Waals surface area contributed by atoms with Gasteiger partial charge in [0, 0.05) is 43.7 Å². The van der Waals surface area contributed by atoms with Gasteiger partial charge in [0.25, 0.3) is 0 Å². The first-order valence-electron chi connectivity index (χ1n) is 8.15. The number of carbonyl (C=O) groups excluding carboxylic acids is 1. The topological polar surface area (TPSA) is 53.6 Å². The maximum absolute atomic E-state index is 11.8. The Morgan fingerprint density at radius 3 is 3.27 bits per heavy atom. The Hall–Kier alpha value is -1.11. The van der Waals surface area contributed by atoms with Crippen LogP contribution in [0.15, 0.2) is 11.4 Å². The van der Waals surface area contributed by atoms with Gasteiger partial charge in [-0.1, -0.05) is 0 Å². The SMILES string of the molecule is C[C@H](CNC(=O)NC[C@H]1CCCO1)N1CCc2sccc2C1. The van der Waals surface area contributed by atoms with E-state index in [2.05, 4.69) is 33.9 Å². The Labute approximate surface area is 136 Å². The lowest BCUT2D eigenvalue weighted by molar-refractivity contribution is 0.111. The fourth-order valence-corrected chi connectivity index (χ4v) is 3.98.